The van der Waals surface area contributed by atoms with E-state index >= 15 is 0 Å². The number of hydrogen-bond donors (Lipinski definition) is 1. The Morgan fingerprint density at radius 3 is 3.04 bits per heavy atom. The maximum atomic E-state index is 11.2. The van der Waals surface area contributed by atoms with E-state index in [-0.39, 0.29) is 5.92 Å². The fourth-order valence-corrected chi connectivity index (χ4v) is 4.15. The molecule has 0 saturated carbocycles. The molecule has 0 amide bonds. The van der Waals surface area contributed by atoms with Gasteiger partial charge in [-0.2, -0.15) is 0 Å². The Morgan fingerprint density at radius 1 is 1.48 bits per heavy atom. The van der Waals surface area contributed by atoms with Gasteiger partial charge in [-0.15, -0.1) is 11.3 Å². The SMILES string of the molecule is CC1CCC(C(=O)O)CN1Cc1csc(-c2cccc(Br)c2)n1. The molecule has 0 aliphatic carbocycles. The van der Waals surface area contributed by atoms with Crippen LogP contribution in [0.25, 0.3) is 10.6 Å². The maximum absolute atomic E-state index is 11.2. The van der Waals surface area contributed by atoms with E-state index < -0.39 is 5.97 Å². The van der Waals surface area contributed by atoms with Crippen molar-refractivity contribution < 1.29 is 9.90 Å². The summed E-state index contributed by atoms with van der Waals surface area (Å²) in [6, 6.07) is 8.52. The monoisotopic (exact) mass is 394 g/mol. The second-order valence-corrected chi connectivity index (χ2v) is 7.82. The number of rotatable bonds is 4. The quantitative estimate of drug-likeness (QED) is 0.841. The molecule has 1 saturated heterocycles. The number of halogens is 1. The first-order valence-electron chi connectivity index (χ1n) is 7.70. The van der Waals surface area contributed by atoms with Gasteiger partial charge in [-0.25, -0.2) is 4.98 Å². The molecule has 2 heterocycles. The van der Waals surface area contributed by atoms with Crippen molar-refractivity contribution in [3.8, 4) is 10.6 Å². The Bertz CT molecular complexity index is 703. The smallest absolute Gasteiger partial charge is 0.307 e. The highest BCUT2D eigenvalue weighted by Gasteiger charge is 2.30. The number of aromatic nitrogens is 1. The van der Waals surface area contributed by atoms with Gasteiger partial charge in [-0.1, -0.05) is 28.1 Å². The van der Waals surface area contributed by atoms with Gasteiger partial charge < -0.3 is 5.11 Å². The fraction of sp³-hybridized carbons (Fsp3) is 0.412. The van der Waals surface area contributed by atoms with Crippen LogP contribution in [0.2, 0.25) is 0 Å². The first kappa shape index (κ1) is 16.6. The summed E-state index contributed by atoms with van der Waals surface area (Å²) >= 11 is 5.12. The van der Waals surface area contributed by atoms with Crippen LogP contribution in [0.4, 0.5) is 0 Å². The topological polar surface area (TPSA) is 53.4 Å². The van der Waals surface area contributed by atoms with Gasteiger partial charge in [-0.05, 0) is 31.9 Å². The second kappa shape index (κ2) is 7.11. The van der Waals surface area contributed by atoms with E-state index in [1.165, 1.54) is 0 Å². The van der Waals surface area contributed by atoms with Crippen LogP contribution in [0.15, 0.2) is 34.1 Å². The van der Waals surface area contributed by atoms with Gasteiger partial charge in [0.1, 0.15) is 5.01 Å². The molecule has 1 N–H and O–H groups in total. The zero-order valence-electron chi connectivity index (χ0n) is 12.9. The van der Waals surface area contributed by atoms with Crippen LogP contribution in [0.5, 0.6) is 0 Å². The van der Waals surface area contributed by atoms with Gasteiger partial charge >= 0.3 is 5.97 Å². The molecular weight excluding hydrogens is 376 g/mol. The summed E-state index contributed by atoms with van der Waals surface area (Å²) in [5.41, 5.74) is 2.12. The van der Waals surface area contributed by atoms with E-state index in [4.69, 9.17) is 4.98 Å². The van der Waals surface area contributed by atoms with E-state index in [1.54, 1.807) is 11.3 Å². The summed E-state index contributed by atoms with van der Waals surface area (Å²) in [7, 11) is 0. The van der Waals surface area contributed by atoms with Gasteiger partial charge in [-0.3, -0.25) is 9.69 Å². The van der Waals surface area contributed by atoms with E-state index in [0.29, 0.717) is 12.6 Å². The van der Waals surface area contributed by atoms with Gasteiger partial charge in [0.15, 0.2) is 0 Å². The molecular formula is C17H19BrN2O2S. The minimum atomic E-state index is -0.685. The maximum Gasteiger partial charge on any atom is 0.307 e. The number of carboxylic acid groups (broad SMARTS) is 1. The highest BCUT2D eigenvalue weighted by molar-refractivity contribution is 9.10. The van der Waals surface area contributed by atoms with Crippen molar-refractivity contribution in [2.24, 2.45) is 5.92 Å². The van der Waals surface area contributed by atoms with Crippen molar-refractivity contribution >= 4 is 33.2 Å². The minimum Gasteiger partial charge on any atom is -0.481 e. The fourth-order valence-electron chi connectivity index (χ4n) is 2.94. The van der Waals surface area contributed by atoms with Crippen molar-refractivity contribution in [3.63, 3.8) is 0 Å². The van der Waals surface area contributed by atoms with Crippen LogP contribution in [-0.4, -0.2) is 33.5 Å². The van der Waals surface area contributed by atoms with E-state index in [1.807, 2.05) is 12.1 Å². The number of piperidine rings is 1. The average molecular weight is 395 g/mol. The van der Waals surface area contributed by atoms with Crippen LogP contribution >= 0.6 is 27.3 Å². The number of nitrogens with zero attached hydrogens (tertiary/aromatic N) is 2. The zero-order chi connectivity index (χ0) is 16.4. The zero-order valence-corrected chi connectivity index (χ0v) is 15.3. The molecule has 122 valence electrons. The molecule has 3 rings (SSSR count). The Kier molecular flexibility index (Phi) is 5.14. The van der Waals surface area contributed by atoms with Crippen LogP contribution in [0, 0.1) is 5.92 Å². The summed E-state index contributed by atoms with van der Waals surface area (Å²) in [4.78, 5) is 18.2. The summed E-state index contributed by atoms with van der Waals surface area (Å²) in [6.45, 7) is 3.50. The van der Waals surface area contributed by atoms with Gasteiger partial charge in [0.25, 0.3) is 0 Å². The molecule has 1 aliphatic rings. The molecule has 0 bridgehead atoms. The normalized spacial score (nSPS) is 22.2. The van der Waals surface area contributed by atoms with Gasteiger partial charge in [0.2, 0.25) is 0 Å². The lowest BCUT2D eigenvalue weighted by molar-refractivity contribution is -0.144. The molecule has 1 aliphatic heterocycles. The number of carbonyl (C=O) groups is 1. The molecule has 2 unspecified atom stereocenters. The van der Waals surface area contributed by atoms with Crippen molar-refractivity contribution in [2.45, 2.75) is 32.4 Å². The molecule has 4 nitrogen and oxygen atoms in total. The van der Waals surface area contributed by atoms with E-state index in [0.717, 1.165) is 40.1 Å². The number of carboxylic acids is 1. The second-order valence-electron chi connectivity index (χ2n) is 6.05. The van der Waals surface area contributed by atoms with Gasteiger partial charge in [0, 0.05) is 34.5 Å². The Labute approximate surface area is 148 Å². The van der Waals surface area contributed by atoms with Crippen molar-refractivity contribution in [2.75, 3.05) is 6.54 Å². The summed E-state index contributed by atoms with van der Waals surface area (Å²) in [6.07, 6.45) is 1.70. The lowest BCUT2D eigenvalue weighted by Gasteiger charge is -2.35. The molecule has 6 heteroatoms. The Hall–Kier alpha value is -1.24. The predicted molar refractivity (Wildman–Crippen MR) is 95.5 cm³/mol. The highest BCUT2D eigenvalue weighted by atomic mass is 79.9. The van der Waals surface area contributed by atoms with Crippen LogP contribution in [-0.2, 0) is 11.3 Å². The third kappa shape index (κ3) is 4.00. The lowest BCUT2D eigenvalue weighted by atomic mass is 9.93. The average Bonchev–Trinajstić information content (AvgIpc) is 2.98. The molecule has 2 aromatic rings. The van der Waals surface area contributed by atoms with Gasteiger partial charge in [0.05, 0.1) is 11.6 Å². The molecule has 1 aromatic carbocycles. The predicted octanol–water partition coefficient (Wildman–Crippen LogP) is 4.26. The largest absolute Gasteiger partial charge is 0.481 e. The van der Waals surface area contributed by atoms with E-state index in [2.05, 4.69) is 45.3 Å². The van der Waals surface area contributed by atoms with Crippen LogP contribution < -0.4 is 0 Å². The third-order valence-corrected chi connectivity index (χ3v) is 5.78. The molecule has 0 radical (unpaired) electrons. The highest BCUT2D eigenvalue weighted by Crippen LogP contribution is 2.28. The van der Waals surface area contributed by atoms with Crippen molar-refractivity contribution in [1.82, 2.24) is 9.88 Å². The number of likely N-dealkylation sites (tertiary alicyclic amines) is 1. The van der Waals surface area contributed by atoms with Crippen molar-refractivity contribution in [3.05, 3.63) is 39.8 Å². The molecule has 1 fully saturated rings. The molecule has 2 atom stereocenters. The van der Waals surface area contributed by atoms with Crippen LogP contribution in [0.3, 0.4) is 0 Å². The first-order chi connectivity index (χ1) is 11.0. The molecule has 0 spiro atoms. The third-order valence-electron chi connectivity index (χ3n) is 4.35. The summed E-state index contributed by atoms with van der Waals surface area (Å²) < 4.78 is 1.04. The minimum absolute atomic E-state index is 0.255. The number of hydrogen-bond acceptors (Lipinski definition) is 4. The Balaban J connectivity index is 1.72. The lowest BCUT2D eigenvalue weighted by Crippen LogP contribution is -2.43. The van der Waals surface area contributed by atoms with Crippen LogP contribution in [0.1, 0.15) is 25.5 Å². The number of benzene rings is 1. The Morgan fingerprint density at radius 2 is 2.30 bits per heavy atom. The van der Waals surface area contributed by atoms with E-state index in [9.17, 15) is 9.90 Å². The standard InChI is InChI=1S/C17H19BrN2O2S/c1-11-5-6-13(17(21)22)8-20(11)9-15-10-23-16(19-15)12-3-2-4-14(18)7-12/h2-4,7,10-11,13H,5-6,8-9H2,1H3,(H,21,22). The molecule has 1 aromatic heterocycles. The molecule has 23 heavy (non-hydrogen) atoms. The number of aliphatic carboxylic acids is 1. The summed E-state index contributed by atoms with van der Waals surface area (Å²) in [5.74, 6) is -0.940. The number of thiazole rings is 1. The van der Waals surface area contributed by atoms with Crippen molar-refractivity contribution in [1.29, 1.82) is 0 Å². The summed E-state index contributed by atoms with van der Waals surface area (Å²) in [5, 5.41) is 12.3. The first-order valence-corrected chi connectivity index (χ1v) is 9.37.